The minimum atomic E-state index is 0.450. The van der Waals surface area contributed by atoms with Gasteiger partial charge < -0.3 is 5.32 Å². The first-order chi connectivity index (χ1) is 9.77. The van der Waals surface area contributed by atoms with E-state index >= 15 is 0 Å². The number of hydrogen-bond acceptors (Lipinski definition) is 2. The zero-order chi connectivity index (χ0) is 14.6. The first-order valence-corrected chi connectivity index (χ1v) is 8.91. The number of halogens is 1. The highest BCUT2D eigenvalue weighted by Crippen LogP contribution is 2.22. The summed E-state index contributed by atoms with van der Waals surface area (Å²) in [5, 5.41) is 3.65. The average molecular weight is 341 g/mol. The van der Waals surface area contributed by atoms with Gasteiger partial charge in [-0.3, -0.25) is 4.98 Å². The number of nitrogens with zero attached hydrogens (tertiary/aromatic N) is 1. The molecule has 1 rings (SSSR count). The molecule has 0 aliphatic heterocycles. The first-order valence-electron chi connectivity index (χ1n) is 8.11. The first kappa shape index (κ1) is 17.6. The summed E-state index contributed by atoms with van der Waals surface area (Å²) < 4.78 is 1.07. The molecule has 0 fully saturated rings. The summed E-state index contributed by atoms with van der Waals surface area (Å²) in [6.45, 7) is 5.56. The smallest absolute Gasteiger partial charge is 0.0410 e. The van der Waals surface area contributed by atoms with Gasteiger partial charge in [-0.15, -0.1) is 0 Å². The van der Waals surface area contributed by atoms with E-state index in [9.17, 15) is 0 Å². The van der Waals surface area contributed by atoms with E-state index < -0.39 is 0 Å². The van der Waals surface area contributed by atoms with Crippen molar-refractivity contribution in [2.45, 2.75) is 71.3 Å². The van der Waals surface area contributed by atoms with Gasteiger partial charge in [-0.05, 0) is 46.9 Å². The molecule has 2 nitrogen and oxygen atoms in total. The number of nitrogens with one attached hydrogen (secondary N) is 1. The maximum absolute atomic E-state index is 4.30. The summed E-state index contributed by atoms with van der Waals surface area (Å²) >= 11 is 3.52. The van der Waals surface area contributed by atoms with E-state index in [-0.39, 0.29) is 0 Å². The molecular formula is C17H29BrN2. The molecule has 0 radical (unpaired) electrons. The molecule has 0 bridgehead atoms. The van der Waals surface area contributed by atoms with E-state index in [1.165, 1.54) is 56.9 Å². The number of rotatable bonds is 11. The van der Waals surface area contributed by atoms with Crippen LogP contribution in [0.1, 0.15) is 76.8 Å². The van der Waals surface area contributed by atoms with Gasteiger partial charge in [0.2, 0.25) is 0 Å². The Morgan fingerprint density at radius 1 is 1.05 bits per heavy atom. The van der Waals surface area contributed by atoms with Crippen molar-refractivity contribution in [3.63, 3.8) is 0 Å². The van der Waals surface area contributed by atoms with Crippen molar-refractivity contribution in [2.75, 3.05) is 6.54 Å². The zero-order valence-electron chi connectivity index (χ0n) is 13.0. The lowest BCUT2D eigenvalue weighted by Crippen LogP contribution is -2.22. The van der Waals surface area contributed by atoms with E-state index in [4.69, 9.17) is 0 Å². The topological polar surface area (TPSA) is 24.9 Å². The number of pyridine rings is 1. The van der Waals surface area contributed by atoms with Gasteiger partial charge >= 0.3 is 0 Å². The summed E-state index contributed by atoms with van der Waals surface area (Å²) in [6.07, 6.45) is 14.4. The van der Waals surface area contributed by atoms with Crippen LogP contribution in [-0.2, 0) is 0 Å². The molecule has 0 aliphatic carbocycles. The minimum Gasteiger partial charge on any atom is -0.310 e. The van der Waals surface area contributed by atoms with Gasteiger partial charge in [-0.25, -0.2) is 0 Å². The number of unbranched alkanes of at least 4 members (excludes halogenated alkanes) is 5. The molecule has 0 aromatic carbocycles. The van der Waals surface area contributed by atoms with Crippen LogP contribution < -0.4 is 5.32 Å². The van der Waals surface area contributed by atoms with Crippen molar-refractivity contribution in [1.82, 2.24) is 10.3 Å². The molecule has 1 N–H and O–H groups in total. The van der Waals surface area contributed by atoms with Gasteiger partial charge in [-0.2, -0.15) is 0 Å². The predicted octanol–water partition coefficient (Wildman–Crippen LogP) is 5.64. The van der Waals surface area contributed by atoms with Crippen molar-refractivity contribution in [2.24, 2.45) is 0 Å². The third-order valence-electron chi connectivity index (χ3n) is 3.62. The van der Waals surface area contributed by atoms with Crippen LogP contribution in [0.4, 0.5) is 0 Å². The molecule has 1 atom stereocenters. The highest BCUT2D eigenvalue weighted by molar-refractivity contribution is 9.10. The van der Waals surface area contributed by atoms with Crippen molar-refractivity contribution in [3.05, 3.63) is 28.5 Å². The van der Waals surface area contributed by atoms with Gasteiger partial charge in [0.05, 0.1) is 0 Å². The molecule has 1 aromatic heterocycles. The van der Waals surface area contributed by atoms with Crippen LogP contribution in [0.5, 0.6) is 0 Å². The molecule has 0 saturated carbocycles. The van der Waals surface area contributed by atoms with Crippen LogP contribution in [0.2, 0.25) is 0 Å². The van der Waals surface area contributed by atoms with Gasteiger partial charge in [-0.1, -0.05) is 52.4 Å². The van der Waals surface area contributed by atoms with Gasteiger partial charge in [0, 0.05) is 22.9 Å². The highest BCUT2D eigenvalue weighted by Gasteiger charge is 2.11. The number of aromatic nitrogens is 1. The van der Waals surface area contributed by atoms with Crippen molar-refractivity contribution in [1.29, 1.82) is 0 Å². The molecule has 1 heterocycles. The van der Waals surface area contributed by atoms with Crippen LogP contribution in [0.15, 0.2) is 22.9 Å². The van der Waals surface area contributed by atoms with E-state index in [2.05, 4.69) is 46.1 Å². The van der Waals surface area contributed by atoms with Crippen molar-refractivity contribution < 1.29 is 0 Å². The average Bonchev–Trinajstić information content (AvgIpc) is 2.45. The quantitative estimate of drug-likeness (QED) is 0.527. The molecule has 0 amide bonds. The van der Waals surface area contributed by atoms with Crippen molar-refractivity contribution in [3.8, 4) is 0 Å². The maximum Gasteiger partial charge on any atom is 0.0410 e. The summed E-state index contributed by atoms with van der Waals surface area (Å²) in [5.74, 6) is 0. The maximum atomic E-state index is 4.30. The second-order valence-corrected chi connectivity index (χ2v) is 6.42. The summed E-state index contributed by atoms with van der Waals surface area (Å²) in [6, 6.07) is 2.64. The molecule has 1 unspecified atom stereocenters. The largest absolute Gasteiger partial charge is 0.310 e. The SMILES string of the molecule is CCCCCCCCC(NCCC)c1cncc(Br)c1. The van der Waals surface area contributed by atoms with Crippen LogP contribution in [0.3, 0.4) is 0 Å². The Morgan fingerprint density at radius 3 is 2.50 bits per heavy atom. The lowest BCUT2D eigenvalue weighted by molar-refractivity contribution is 0.465. The second-order valence-electron chi connectivity index (χ2n) is 5.50. The Bertz CT molecular complexity index is 355. The minimum absolute atomic E-state index is 0.450. The third-order valence-corrected chi connectivity index (χ3v) is 4.05. The fourth-order valence-corrected chi connectivity index (χ4v) is 2.84. The monoisotopic (exact) mass is 340 g/mol. The van der Waals surface area contributed by atoms with E-state index in [0.29, 0.717) is 6.04 Å². The molecule has 0 spiro atoms. The van der Waals surface area contributed by atoms with Gasteiger partial charge in [0.1, 0.15) is 0 Å². The molecule has 114 valence electrons. The normalized spacial score (nSPS) is 12.6. The fraction of sp³-hybridized carbons (Fsp3) is 0.706. The lowest BCUT2D eigenvalue weighted by Gasteiger charge is -2.19. The molecule has 0 saturated heterocycles. The third kappa shape index (κ3) is 7.39. The highest BCUT2D eigenvalue weighted by atomic mass is 79.9. The Kier molecular flexibility index (Phi) is 9.94. The summed E-state index contributed by atoms with van der Waals surface area (Å²) in [4.78, 5) is 4.30. The van der Waals surface area contributed by atoms with Crippen LogP contribution in [0, 0.1) is 0 Å². The Morgan fingerprint density at radius 2 is 1.80 bits per heavy atom. The number of hydrogen-bond donors (Lipinski definition) is 1. The Hall–Kier alpha value is -0.410. The standard InChI is InChI=1S/C17H29BrN2/c1-3-5-6-7-8-9-10-17(20-11-4-2)15-12-16(18)14-19-13-15/h12-14,17,20H,3-11H2,1-2H3. The Labute approximate surface area is 132 Å². The zero-order valence-corrected chi connectivity index (χ0v) is 14.6. The van der Waals surface area contributed by atoms with Crippen LogP contribution >= 0.6 is 15.9 Å². The molecule has 3 heteroatoms. The Balaban J connectivity index is 2.40. The lowest BCUT2D eigenvalue weighted by atomic mass is 10.0. The van der Waals surface area contributed by atoms with E-state index in [1.807, 2.05) is 12.4 Å². The van der Waals surface area contributed by atoms with E-state index in [1.54, 1.807) is 0 Å². The van der Waals surface area contributed by atoms with Crippen LogP contribution in [-0.4, -0.2) is 11.5 Å². The van der Waals surface area contributed by atoms with Crippen LogP contribution in [0.25, 0.3) is 0 Å². The molecule has 1 aromatic rings. The summed E-state index contributed by atoms with van der Waals surface area (Å²) in [5.41, 5.74) is 1.31. The molecule has 0 aliphatic rings. The predicted molar refractivity (Wildman–Crippen MR) is 91.0 cm³/mol. The molecule has 20 heavy (non-hydrogen) atoms. The van der Waals surface area contributed by atoms with Gasteiger partial charge in [0.25, 0.3) is 0 Å². The van der Waals surface area contributed by atoms with Gasteiger partial charge in [0.15, 0.2) is 0 Å². The molecular weight excluding hydrogens is 312 g/mol. The van der Waals surface area contributed by atoms with Crippen molar-refractivity contribution >= 4 is 15.9 Å². The fourth-order valence-electron chi connectivity index (χ4n) is 2.45. The summed E-state index contributed by atoms with van der Waals surface area (Å²) in [7, 11) is 0. The van der Waals surface area contributed by atoms with E-state index in [0.717, 1.165) is 11.0 Å². The second kappa shape index (κ2) is 11.3.